The second-order valence-corrected chi connectivity index (χ2v) is 8.78. The third-order valence-electron chi connectivity index (χ3n) is 3.29. The molecule has 1 rings (SSSR count). The second kappa shape index (κ2) is 6.35. The lowest BCUT2D eigenvalue weighted by Gasteiger charge is -2.32. The number of hydrogen-bond acceptors (Lipinski definition) is 4. The van der Waals surface area contributed by atoms with Crippen molar-refractivity contribution < 1.29 is 8.42 Å². The summed E-state index contributed by atoms with van der Waals surface area (Å²) in [7, 11) is -2.79. The van der Waals surface area contributed by atoms with Crippen LogP contribution in [0.3, 0.4) is 0 Å². The zero-order chi connectivity index (χ0) is 13.8. The van der Waals surface area contributed by atoms with Crippen LogP contribution >= 0.6 is 0 Å². The summed E-state index contributed by atoms with van der Waals surface area (Å²) in [5.41, 5.74) is 0.179. The van der Waals surface area contributed by atoms with Gasteiger partial charge in [0.1, 0.15) is 0 Å². The third-order valence-corrected chi connectivity index (χ3v) is 5.00. The second-order valence-electron chi connectivity index (χ2n) is 6.48. The maximum atomic E-state index is 11.6. The molecule has 1 saturated heterocycles. The molecule has 0 amide bonds. The van der Waals surface area contributed by atoms with Gasteiger partial charge in [-0.3, -0.25) is 0 Å². The molecule has 0 spiro atoms. The summed E-state index contributed by atoms with van der Waals surface area (Å²) in [6.07, 6.45) is 0.774. The Morgan fingerprint density at radius 1 is 1.22 bits per heavy atom. The minimum atomic E-state index is -2.79. The van der Waals surface area contributed by atoms with Crippen LogP contribution in [0.2, 0.25) is 0 Å². The summed E-state index contributed by atoms with van der Waals surface area (Å²) in [4.78, 5) is 2.30. The highest BCUT2D eigenvalue weighted by Crippen LogP contribution is 2.18. The fraction of sp³-hybridized carbons (Fsp3) is 1.00. The topological polar surface area (TPSA) is 49.4 Å². The fourth-order valence-electron chi connectivity index (χ4n) is 2.29. The largest absolute Gasteiger partial charge is 0.314 e. The van der Waals surface area contributed by atoms with Gasteiger partial charge in [-0.25, -0.2) is 8.42 Å². The molecule has 0 aliphatic carbocycles. The lowest BCUT2D eigenvalue weighted by Crippen LogP contribution is -2.43. The molecule has 1 aliphatic heterocycles. The number of rotatable bonds is 5. The van der Waals surface area contributed by atoms with Crippen LogP contribution in [-0.4, -0.2) is 57.0 Å². The van der Waals surface area contributed by atoms with Gasteiger partial charge in [0.2, 0.25) is 0 Å². The predicted molar refractivity (Wildman–Crippen MR) is 76.6 cm³/mol. The maximum Gasteiger partial charge on any atom is 0.151 e. The summed E-state index contributed by atoms with van der Waals surface area (Å²) in [6, 6.07) is 0.494. The highest BCUT2D eigenvalue weighted by Gasteiger charge is 2.25. The van der Waals surface area contributed by atoms with Crippen molar-refractivity contribution in [3.05, 3.63) is 0 Å². The zero-order valence-electron chi connectivity index (χ0n) is 12.2. The van der Waals surface area contributed by atoms with Crippen molar-refractivity contribution in [2.75, 3.05) is 37.7 Å². The van der Waals surface area contributed by atoms with Gasteiger partial charge < -0.3 is 10.2 Å². The van der Waals surface area contributed by atoms with E-state index in [2.05, 4.69) is 37.9 Å². The molecular weight excluding hydrogens is 248 g/mol. The molecular formula is C13H28N2O2S. The van der Waals surface area contributed by atoms with Crippen molar-refractivity contribution in [1.82, 2.24) is 10.2 Å². The van der Waals surface area contributed by atoms with E-state index < -0.39 is 9.84 Å². The molecule has 1 aliphatic rings. The van der Waals surface area contributed by atoms with Gasteiger partial charge in [0.15, 0.2) is 9.84 Å². The molecule has 0 saturated carbocycles. The molecule has 0 unspecified atom stereocenters. The van der Waals surface area contributed by atoms with Crippen LogP contribution in [0, 0.1) is 5.41 Å². The molecule has 0 aromatic rings. The van der Waals surface area contributed by atoms with Crippen LogP contribution in [0.25, 0.3) is 0 Å². The van der Waals surface area contributed by atoms with Gasteiger partial charge in [-0.2, -0.15) is 0 Å². The van der Waals surface area contributed by atoms with E-state index in [-0.39, 0.29) is 5.41 Å². The van der Waals surface area contributed by atoms with Gasteiger partial charge in [-0.1, -0.05) is 27.7 Å². The number of hydrogen-bond donors (Lipinski definition) is 1. The first-order chi connectivity index (χ1) is 8.20. The molecule has 18 heavy (non-hydrogen) atoms. The SMILES string of the molecule is CC(C)NCC(C)(C)CN1CCCS(=O)(=O)CC1. The molecule has 0 radical (unpaired) electrons. The molecule has 0 aromatic heterocycles. The summed E-state index contributed by atoms with van der Waals surface area (Å²) < 4.78 is 23.1. The standard InChI is InChI=1S/C13H28N2O2S/c1-12(2)14-10-13(3,4)11-15-6-5-8-18(16,17)9-7-15/h12,14H,5-11H2,1-4H3. The third kappa shape index (κ3) is 6.16. The Morgan fingerprint density at radius 2 is 1.89 bits per heavy atom. The highest BCUT2D eigenvalue weighted by atomic mass is 32.2. The van der Waals surface area contributed by atoms with Gasteiger partial charge in [-0.15, -0.1) is 0 Å². The van der Waals surface area contributed by atoms with Crippen molar-refractivity contribution in [2.24, 2.45) is 5.41 Å². The predicted octanol–water partition coefficient (Wildman–Crippen LogP) is 1.13. The van der Waals surface area contributed by atoms with E-state index in [4.69, 9.17) is 0 Å². The summed E-state index contributed by atoms with van der Waals surface area (Å²) >= 11 is 0. The molecule has 1 heterocycles. The van der Waals surface area contributed by atoms with E-state index in [1.54, 1.807) is 0 Å². The van der Waals surface area contributed by atoms with Crippen molar-refractivity contribution >= 4 is 9.84 Å². The Kier molecular flexibility index (Phi) is 5.62. The molecule has 0 bridgehead atoms. The van der Waals surface area contributed by atoms with Crippen LogP contribution in [-0.2, 0) is 9.84 Å². The van der Waals surface area contributed by atoms with Crippen molar-refractivity contribution in [2.45, 2.75) is 40.2 Å². The Morgan fingerprint density at radius 3 is 2.50 bits per heavy atom. The number of sulfone groups is 1. The Labute approximate surface area is 112 Å². The lowest BCUT2D eigenvalue weighted by molar-refractivity contribution is 0.181. The normalized spacial score (nSPS) is 22.1. The molecule has 5 heteroatoms. The maximum absolute atomic E-state index is 11.6. The monoisotopic (exact) mass is 276 g/mol. The molecule has 4 nitrogen and oxygen atoms in total. The lowest BCUT2D eigenvalue weighted by atomic mass is 9.92. The summed E-state index contributed by atoms with van der Waals surface area (Å²) in [6.45, 7) is 12.3. The Balaban J connectivity index is 2.46. The van der Waals surface area contributed by atoms with Crippen molar-refractivity contribution in [3.8, 4) is 0 Å². The van der Waals surface area contributed by atoms with E-state index in [9.17, 15) is 8.42 Å². The molecule has 0 aromatic carbocycles. The molecule has 0 atom stereocenters. The van der Waals surface area contributed by atoms with Crippen LogP contribution in [0.1, 0.15) is 34.1 Å². The van der Waals surface area contributed by atoms with E-state index in [0.29, 0.717) is 24.1 Å². The Hall–Kier alpha value is -0.130. The van der Waals surface area contributed by atoms with Gasteiger partial charge >= 0.3 is 0 Å². The number of nitrogens with zero attached hydrogens (tertiary/aromatic N) is 1. The van der Waals surface area contributed by atoms with Crippen molar-refractivity contribution in [1.29, 1.82) is 0 Å². The van der Waals surface area contributed by atoms with Crippen LogP contribution < -0.4 is 5.32 Å². The summed E-state index contributed by atoms with van der Waals surface area (Å²) in [5.74, 6) is 0.675. The smallest absolute Gasteiger partial charge is 0.151 e. The highest BCUT2D eigenvalue weighted by molar-refractivity contribution is 7.91. The summed E-state index contributed by atoms with van der Waals surface area (Å²) in [5, 5.41) is 3.46. The van der Waals surface area contributed by atoms with E-state index in [0.717, 1.165) is 26.1 Å². The van der Waals surface area contributed by atoms with Crippen LogP contribution in [0.15, 0.2) is 0 Å². The fourth-order valence-corrected chi connectivity index (χ4v) is 3.60. The average Bonchev–Trinajstić information content (AvgIpc) is 2.37. The average molecular weight is 276 g/mol. The van der Waals surface area contributed by atoms with E-state index >= 15 is 0 Å². The van der Waals surface area contributed by atoms with E-state index in [1.807, 2.05) is 0 Å². The Bertz CT molecular complexity index is 350. The first-order valence-corrected chi connectivity index (χ1v) is 8.68. The first-order valence-electron chi connectivity index (χ1n) is 6.86. The van der Waals surface area contributed by atoms with E-state index in [1.165, 1.54) is 0 Å². The molecule has 108 valence electrons. The quantitative estimate of drug-likeness (QED) is 0.818. The minimum Gasteiger partial charge on any atom is -0.314 e. The van der Waals surface area contributed by atoms with Crippen LogP contribution in [0.4, 0.5) is 0 Å². The number of nitrogens with one attached hydrogen (secondary N) is 1. The van der Waals surface area contributed by atoms with Gasteiger partial charge in [0, 0.05) is 25.7 Å². The zero-order valence-corrected chi connectivity index (χ0v) is 13.0. The van der Waals surface area contributed by atoms with Gasteiger partial charge in [0.25, 0.3) is 0 Å². The van der Waals surface area contributed by atoms with Gasteiger partial charge in [0.05, 0.1) is 11.5 Å². The minimum absolute atomic E-state index is 0.179. The van der Waals surface area contributed by atoms with Crippen LogP contribution in [0.5, 0.6) is 0 Å². The molecule has 1 N–H and O–H groups in total. The van der Waals surface area contributed by atoms with Gasteiger partial charge in [-0.05, 0) is 18.4 Å². The molecule has 1 fully saturated rings. The van der Waals surface area contributed by atoms with Crippen molar-refractivity contribution in [3.63, 3.8) is 0 Å². The first kappa shape index (κ1) is 15.9.